The molecule has 1 atom stereocenters. The molecular weight excluding hydrogens is 434 g/mol. The molecule has 0 aliphatic carbocycles. The number of hydrogen-bond acceptors (Lipinski definition) is 4. The van der Waals surface area contributed by atoms with Gasteiger partial charge in [-0.3, -0.25) is 4.90 Å². The van der Waals surface area contributed by atoms with Crippen LogP contribution in [0.4, 0.5) is 10.5 Å². The Morgan fingerprint density at radius 2 is 2.00 bits per heavy atom. The Hall–Kier alpha value is -2.03. The van der Waals surface area contributed by atoms with Gasteiger partial charge in [0.1, 0.15) is 0 Å². The van der Waals surface area contributed by atoms with E-state index in [1.807, 2.05) is 11.0 Å². The van der Waals surface area contributed by atoms with E-state index >= 15 is 0 Å². The molecule has 2 saturated heterocycles. The van der Waals surface area contributed by atoms with Crippen molar-refractivity contribution < 1.29 is 9.00 Å². The highest BCUT2D eigenvalue weighted by Gasteiger charge is 2.41. The fraction of sp³-hybridized carbons (Fsp3) is 0.500. The summed E-state index contributed by atoms with van der Waals surface area (Å²) in [5, 5.41) is 4.92. The molecule has 168 valence electrons. The molecule has 3 heterocycles. The van der Waals surface area contributed by atoms with Crippen molar-refractivity contribution in [3.8, 4) is 0 Å². The van der Waals surface area contributed by atoms with Crippen LogP contribution >= 0.6 is 11.6 Å². The number of amides is 1. The van der Waals surface area contributed by atoms with Crippen molar-refractivity contribution in [1.29, 1.82) is 0 Å². The quantitative estimate of drug-likeness (QED) is 0.705. The van der Waals surface area contributed by atoms with Crippen LogP contribution in [0.1, 0.15) is 30.4 Å². The molecule has 1 amide bonds. The average Bonchev–Trinajstić information content (AvgIpc) is 3.31. The highest BCUT2D eigenvalue weighted by atomic mass is 35.5. The molecule has 1 N–H and O–H groups in total. The number of benzene rings is 1. The molecule has 1 aromatic carbocycles. The summed E-state index contributed by atoms with van der Waals surface area (Å²) in [6.07, 6.45) is 7.75. The summed E-state index contributed by atoms with van der Waals surface area (Å²) in [6.45, 7) is 6.65. The zero-order chi connectivity index (χ0) is 22.2. The zero-order valence-electron chi connectivity index (χ0n) is 18.1. The summed E-state index contributed by atoms with van der Waals surface area (Å²) in [7, 11) is -2.40. The Labute approximate surface area is 189 Å². The van der Waals surface area contributed by atoms with Crippen LogP contribution in [0.5, 0.6) is 0 Å². The largest absolute Gasteiger partial charge is 0.344 e. The normalized spacial score (nSPS) is 20.7. The molecule has 31 heavy (non-hydrogen) atoms. The molecule has 7 nitrogen and oxygen atoms in total. The first-order chi connectivity index (χ1) is 14.6. The van der Waals surface area contributed by atoms with E-state index in [-0.39, 0.29) is 11.4 Å². The second kappa shape index (κ2) is 8.48. The van der Waals surface area contributed by atoms with Gasteiger partial charge in [-0.05, 0) is 67.3 Å². The standard InChI is InChI=1S/C22H30ClN5O2S/c1-17-4-5-19(23)12-18(17)14-26-9-6-22(16-26)7-10-27(11-8-22)21(29)28-15-20(13-24-28)25-31(2,3)30/h4-5,12-13,15H,2,6-11,14,16H2,1,3H3,(H,25,30). The fourth-order valence-electron chi connectivity index (χ4n) is 4.67. The lowest BCUT2D eigenvalue weighted by molar-refractivity contribution is 0.118. The molecule has 2 aliphatic rings. The van der Waals surface area contributed by atoms with Crippen molar-refractivity contribution in [1.82, 2.24) is 19.6 Å². The summed E-state index contributed by atoms with van der Waals surface area (Å²) < 4.78 is 15.9. The van der Waals surface area contributed by atoms with Crippen LogP contribution < -0.4 is 4.72 Å². The number of piperidine rings is 1. The minimum atomic E-state index is -2.40. The van der Waals surface area contributed by atoms with E-state index in [4.69, 9.17) is 11.6 Å². The number of nitrogens with one attached hydrogen (secondary N) is 1. The number of carbonyl (C=O) groups excluding carboxylic acids is 1. The zero-order valence-corrected chi connectivity index (χ0v) is 19.7. The number of likely N-dealkylation sites (tertiary alicyclic amines) is 2. The lowest BCUT2D eigenvalue weighted by Gasteiger charge is -2.39. The van der Waals surface area contributed by atoms with Crippen molar-refractivity contribution in [3.63, 3.8) is 0 Å². The van der Waals surface area contributed by atoms with Crippen LogP contribution in [0, 0.1) is 12.3 Å². The molecule has 1 spiro atoms. The van der Waals surface area contributed by atoms with E-state index in [1.54, 1.807) is 6.20 Å². The van der Waals surface area contributed by atoms with Crippen LogP contribution in [-0.4, -0.2) is 68.1 Å². The van der Waals surface area contributed by atoms with E-state index in [1.165, 1.54) is 34.7 Å². The van der Waals surface area contributed by atoms with E-state index in [0.717, 1.165) is 50.6 Å². The van der Waals surface area contributed by atoms with Crippen molar-refractivity contribution in [3.05, 3.63) is 46.7 Å². The maximum Gasteiger partial charge on any atom is 0.344 e. The topological polar surface area (TPSA) is 70.5 Å². The summed E-state index contributed by atoms with van der Waals surface area (Å²) in [5.74, 6) is 3.57. The number of halogens is 1. The van der Waals surface area contributed by atoms with E-state index in [2.05, 4.69) is 39.6 Å². The van der Waals surface area contributed by atoms with Gasteiger partial charge in [0.15, 0.2) is 0 Å². The molecule has 0 bridgehead atoms. The van der Waals surface area contributed by atoms with Gasteiger partial charge >= 0.3 is 6.03 Å². The average molecular weight is 464 g/mol. The first-order valence-electron chi connectivity index (χ1n) is 10.5. The molecule has 9 heteroatoms. The number of rotatable bonds is 4. The third-order valence-corrected chi connectivity index (χ3v) is 7.33. The minimum Gasteiger partial charge on any atom is -0.323 e. The Morgan fingerprint density at radius 3 is 2.71 bits per heavy atom. The van der Waals surface area contributed by atoms with Gasteiger partial charge in [-0.1, -0.05) is 17.7 Å². The van der Waals surface area contributed by atoms with Crippen molar-refractivity contribution in [2.45, 2.75) is 32.7 Å². The molecule has 2 fully saturated rings. The third-order valence-electron chi connectivity index (χ3n) is 6.43. The van der Waals surface area contributed by atoms with E-state index in [0.29, 0.717) is 5.69 Å². The van der Waals surface area contributed by atoms with Gasteiger partial charge in [0.2, 0.25) is 0 Å². The number of aryl methyl sites for hydroxylation is 1. The van der Waals surface area contributed by atoms with Gasteiger partial charge in [-0.25, -0.2) is 9.00 Å². The number of aromatic nitrogens is 2. The van der Waals surface area contributed by atoms with Crippen LogP contribution in [-0.2, 0) is 16.3 Å². The third kappa shape index (κ3) is 5.25. The maximum atomic E-state index is 12.8. The second-order valence-corrected chi connectivity index (χ2v) is 11.7. The van der Waals surface area contributed by atoms with Gasteiger partial charge < -0.3 is 9.62 Å². The van der Waals surface area contributed by atoms with Crippen molar-refractivity contribution >= 4 is 38.9 Å². The molecule has 1 aromatic heterocycles. The fourth-order valence-corrected chi connectivity index (χ4v) is 5.47. The first-order valence-corrected chi connectivity index (χ1v) is 13.1. The van der Waals surface area contributed by atoms with E-state index < -0.39 is 9.71 Å². The predicted molar refractivity (Wildman–Crippen MR) is 127 cm³/mol. The molecule has 2 aromatic rings. The number of hydrogen-bond donors (Lipinski definition) is 1. The Morgan fingerprint density at radius 1 is 1.29 bits per heavy atom. The molecular formula is C22H30ClN5O2S. The van der Waals surface area contributed by atoms with Crippen LogP contribution in [0.25, 0.3) is 0 Å². The van der Waals surface area contributed by atoms with Gasteiger partial charge in [0.25, 0.3) is 0 Å². The van der Waals surface area contributed by atoms with Gasteiger partial charge in [-0.2, -0.15) is 9.78 Å². The Kier molecular flexibility index (Phi) is 6.07. The van der Waals surface area contributed by atoms with Gasteiger partial charge in [0, 0.05) is 47.2 Å². The first kappa shape index (κ1) is 22.2. The number of anilines is 1. The maximum absolute atomic E-state index is 12.8. The highest BCUT2D eigenvalue weighted by molar-refractivity contribution is 8.00. The molecule has 0 saturated carbocycles. The van der Waals surface area contributed by atoms with Crippen molar-refractivity contribution in [2.24, 2.45) is 5.41 Å². The second-order valence-electron chi connectivity index (χ2n) is 9.08. The van der Waals surface area contributed by atoms with E-state index in [9.17, 15) is 9.00 Å². The Balaban J connectivity index is 1.33. The molecule has 1 unspecified atom stereocenters. The van der Waals surface area contributed by atoms with Crippen LogP contribution in [0.3, 0.4) is 0 Å². The lowest BCUT2D eigenvalue weighted by Crippen LogP contribution is -2.45. The predicted octanol–water partition coefficient (Wildman–Crippen LogP) is 3.47. The van der Waals surface area contributed by atoms with Crippen molar-refractivity contribution in [2.75, 3.05) is 37.2 Å². The minimum absolute atomic E-state index is 0.140. The molecule has 2 aliphatic heterocycles. The monoisotopic (exact) mass is 463 g/mol. The Bertz CT molecular complexity index is 1070. The number of carbonyl (C=O) groups is 1. The highest BCUT2D eigenvalue weighted by Crippen LogP contribution is 2.41. The summed E-state index contributed by atoms with van der Waals surface area (Å²) in [5.41, 5.74) is 3.38. The summed E-state index contributed by atoms with van der Waals surface area (Å²) in [4.78, 5) is 17.2. The van der Waals surface area contributed by atoms with Gasteiger partial charge in [0.05, 0.1) is 18.1 Å². The lowest BCUT2D eigenvalue weighted by atomic mass is 9.78. The molecule has 0 radical (unpaired) electrons. The SMILES string of the molecule is C=S(C)(=O)Nc1cnn(C(=O)N2CCC3(CCN(Cc4cc(Cl)ccc4C)C3)CC2)c1. The van der Waals surface area contributed by atoms with Gasteiger partial charge in [-0.15, -0.1) is 0 Å². The smallest absolute Gasteiger partial charge is 0.323 e. The summed E-state index contributed by atoms with van der Waals surface area (Å²) in [6, 6.07) is 5.96. The van der Waals surface area contributed by atoms with Crippen LogP contribution in [0.2, 0.25) is 5.02 Å². The molecule has 4 rings (SSSR count). The van der Waals surface area contributed by atoms with Crippen LogP contribution in [0.15, 0.2) is 30.6 Å². The summed E-state index contributed by atoms with van der Waals surface area (Å²) >= 11 is 6.19. The number of nitrogens with zero attached hydrogens (tertiary/aromatic N) is 4.